The lowest BCUT2D eigenvalue weighted by molar-refractivity contribution is -0.131. The summed E-state index contributed by atoms with van der Waals surface area (Å²) < 4.78 is 1.25. The number of nitrogens with zero attached hydrogens (tertiary/aromatic N) is 3. The third-order valence-corrected chi connectivity index (χ3v) is 6.84. The van der Waals surface area contributed by atoms with Crippen LogP contribution in [-0.2, 0) is 24.2 Å². The first-order valence-corrected chi connectivity index (χ1v) is 10.9. The summed E-state index contributed by atoms with van der Waals surface area (Å²) in [4.78, 5) is 24.3. The van der Waals surface area contributed by atoms with Gasteiger partial charge in [0, 0.05) is 36.0 Å². The highest BCUT2D eigenvalue weighted by Crippen LogP contribution is 2.28. The average molecular weight is 393 g/mol. The molecular formula is C22H24N4OS. The van der Waals surface area contributed by atoms with Gasteiger partial charge in [0.2, 0.25) is 5.91 Å². The summed E-state index contributed by atoms with van der Waals surface area (Å²) in [6, 6.07) is 6.75. The number of amides is 1. The number of rotatable bonds is 3. The molecule has 0 spiro atoms. The molecule has 0 aliphatic carbocycles. The van der Waals surface area contributed by atoms with Crippen molar-refractivity contribution in [3.8, 4) is 0 Å². The molecule has 1 N–H and O–H groups in total. The Kier molecular flexibility index (Phi) is 4.61. The molecule has 144 valence electrons. The Balaban J connectivity index is 1.31. The van der Waals surface area contributed by atoms with Gasteiger partial charge in [-0.15, -0.1) is 11.3 Å². The van der Waals surface area contributed by atoms with E-state index in [2.05, 4.69) is 40.8 Å². The Morgan fingerprint density at radius 3 is 3.18 bits per heavy atom. The molecule has 1 saturated heterocycles. The van der Waals surface area contributed by atoms with Crippen LogP contribution in [-0.4, -0.2) is 33.9 Å². The van der Waals surface area contributed by atoms with E-state index in [9.17, 15) is 4.79 Å². The third kappa shape index (κ3) is 3.31. The highest BCUT2D eigenvalue weighted by molar-refractivity contribution is 7.17. The molecule has 6 heteroatoms. The normalized spacial score (nSPS) is 19.2. The van der Waals surface area contributed by atoms with Gasteiger partial charge in [-0.2, -0.15) is 0 Å². The Morgan fingerprint density at radius 2 is 2.32 bits per heavy atom. The first kappa shape index (κ1) is 17.8. The van der Waals surface area contributed by atoms with Gasteiger partial charge in [-0.3, -0.25) is 4.79 Å². The van der Waals surface area contributed by atoms with Gasteiger partial charge in [-0.25, -0.2) is 9.97 Å². The molecule has 0 radical (unpaired) electrons. The van der Waals surface area contributed by atoms with Gasteiger partial charge in [0.05, 0.1) is 18.2 Å². The van der Waals surface area contributed by atoms with Crippen molar-refractivity contribution in [2.24, 2.45) is 0 Å². The van der Waals surface area contributed by atoms with E-state index >= 15 is 0 Å². The van der Waals surface area contributed by atoms with Crippen LogP contribution in [0.5, 0.6) is 0 Å². The largest absolute Gasteiger partial charge is 0.338 e. The van der Waals surface area contributed by atoms with Crippen LogP contribution in [0.25, 0.3) is 10.1 Å². The number of thiophene rings is 1. The topological polar surface area (TPSA) is 58.1 Å². The van der Waals surface area contributed by atoms with Crippen molar-refractivity contribution in [1.82, 2.24) is 20.2 Å². The summed E-state index contributed by atoms with van der Waals surface area (Å²) in [6.45, 7) is 4.50. The lowest BCUT2D eigenvalue weighted by atomic mass is 10.0. The summed E-state index contributed by atoms with van der Waals surface area (Å²) in [7, 11) is 0. The minimum absolute atomic E-state index is 0.188. The van der Waals surface area contributed by atoms with Crippen LogP contribution in [0.2, 0.25) is 0 Å². The summed E-state index contributed by atoms with van der Waals surface area (Å²) in [5.74, 6) is 1.10. The Bertz CT molecular complexity index is 1040. The molecule has 0 bridgehead atoms. The lowest BCUT2D eigenvalue weighted by Crippen LogP contribution is -2.37. The SMILES string of the molecule is Cc1ccc2scc(CC(=O)N3CCc4nc([C@H]5CCCN5)ncc4C3)c2c1. The van der Waals surface area contributed by atoms with Crippen LogP contribution in [0.15, 0.2) is 29.8 Å². The Morgan fingerprint density at radius 1 is 1.39 bits per heavy atom. The number of hydrogen-bond acceptors (Lipinski definition) is 5. The second-order valence-electron chi connectivity index (χ2n) is 7.85. The lowest BCUT2D eigenvalue weighted by Gasteiger charge is -2.28. The van der Waals surface area contributed by atoms with Crippen molar-refractivity contribution >= 4 is 27.3 Å². The number of benzene rings is 1. The van der Waals surface area contributed by atoms with Gasteiger partial charge >= 0.3 is 0 Å². The number of hydrogen-bond donors (Lipinski definition) is 1. The molecule has 1 aromatic carbocycles. The highest BCUT2D eigenvalue weighted by atomic mass is 32.1. The second-order valence-corrected chi connectivity index (χ2v) is 8.76. The molecule has 2 aliphatic heterocycles. The van der Waals surface area contributed by atoms with Gasteiger partial charge in [-0.1, -0.05) is 17.7 Å². The zero-order valence-corrected chi connectivity index (χ0v) is 16.9. The molecule has 1 amide bonds. The van der Waals surface area contributed by atoms with E-state index in [0.717, 1.165) is 48.6 Å². The molecule has 0 saturated carbocycles. The number of carbonyl (C=O) groups is 1. The van der Waals surface area contributed by atoms with Crippen molar-refractivity contribution in [3.05, 3.63) is 58.0 Å². The maximum absolute atomic E-state index is 13.0. The molecule has 0 unspecified atom stereocenters. The van der Waals surface area contributed by atoms with Crippen LogP contribution in [0.1, 0.15) is 47.1 Å². The molecule has 2 aromatic heterocycles. The number of carbonyl (C=O) groups excluding carboxylic acids is 1. The Hall–Kier alpha value is -2.31. The summed E-state index contributed by atoms with van der Waals surface area (Å²) >= 11 is 1.72. The van der Waals surface area contributed by atoms with Crippen LogP contribution >= 0.6 is 11.3 Å². The van der Waals surface area contributed by atoms with E-state index in [1.807, 2.05) is 11.1 Å². The molecule has 5 rings (SSSR count). The fourth-order valence-electron chi connectivity index (χ4n) is 4.22. The quantitative estimate of drug-likeness (QED) is 0.741. The first-order chi connectivity index (χ1) is 13.7. The third-order valence-electron chi connectivity index (χ3n) is 5.83. The number of fused-ring (bicyclic) bond motifs is 2. The van der Waals surface area contributed by atoms with E-state index in [4.69, 9.17) is 4.98 Å². The second kappa shape index (κ2) is 7.26. The smallest absolute Gasteiger partial charge is 0.227 e. The predicted octanol–water partition coefficient (Wildman–Crippen LogP) is 3.55. The number of nitrogens with one attached hydrogen (secondary N) is 1. The fraction of sp³-hybridized carbons (Fsp3) is 0.409. The maximum Gasteiger partial charge on any atom is 0.227 e. The predicted molar refractivity (Wildman–Crippen MR) is 111 cm³/mol. The van der Waals surface area contributed by atoms with Crippen molar-refractivity contribution in [1.29, 1.82) is 0 Å². The van der Waals surface area contributed by atoms with Crippen LogP contribution < -0.4 is 5.32 Å². The van der Waals surface area contributed by atoms with Crippen LogP contribution in [0, 0.1) is 6.92 Å². The Labute approximate surface area is 168 Å². The van der Waals surface area contributed by atoms with Gasteiger partial charge in [0.15, 0.2) is 0 Å². The average Bonchev–Trinajstić information content (AvgIpc) is 3.38. The van der Waals surface area contributed by atoms with E-state index in [-0.39, 0.29) is 5.91 Å². The summed E-state index contributed by atoms with van der Waals surface area (Å²) in [5.41, 5.74) is 4.57. The van der Waals surface area contributed by atoms with E-state index in [1.54, 1.807) is 11.3 Å². The van der Waals surface area contributed by atoms with Crippen LogP contribution in [0.4, 0.5) is 0 Å². The van der Waals surface area contributed by atoms with Crippen molar-refractivity contribution in [3.63, 3.8) is 0 Å². The molecule has 1 atom stereocenters. The van der Waals surface area contributed by atoms with E-state index < -0.39 is 0 Å². The van der Waals surface area contributed by atoms with Gasteiger partial charge in [0.1, 0.15) is 5.82 Å². The molecular weight excluding hydrogens is 368 g/mol. The van der Waals surface area contributed by atoms with Gasteiger partial charge < -0.3 is 10.2 Å². The molecule has 4 heterocycles. The monoisotopic (exact) mass is 392 g/mol. The van der Waals surface area contributed by atoms with Crippen molar-refractivity contribution < 1.29 is 4.79 Å². The zero-order valence-electron chi connectivity index (χ0n) is 16.1. The maximum atomic E-state index is 13.0. The zero-order chi connectivity index (χ0) is 19.1. The molecule has 1 fully saturated rings. The van der Waals surface area contributed by atoms with Crippen molar-refractivity contribution in [2.45, 2.75) is 45.2 Å². The first-order valence-electron chi connectivity index (χ1n) is 10.00. The molecule has 2 aliphatic rings. The highest BCUT2D eigenvalue weighted by Gasteiger charge is 2.25. The van der Waals surface area contributed by atoms with E-state index in [0.29, 0.717) is 19.0 Å². The standard InChI is InChI=1S/C22H24N4OS/c1-14-4-5-20-17(9-14)15(13-28-20)10-21(27)26-8-6-18-16(12-26)11-24-22(25-18)19-3-2-7-23-19/h4-5,9,11,13,19,23H,2-3,6-8,10,12H2,1H3/t19-/m1/s1. The molecule has 28 heavy (non-hydrogen) atoms. The minimum atomic E-state index is 0.188. The van der Waals surface area contributed by atoms with Crippen molar-refractivity contribution in [2.75, 3.05) is 13.1 Å². The van der Waals surface area contributed by atoms with E-state index in [1.165, 1.54) is 22.1 Å². The fourth-order valence-corrected chi connectivity index (χ4v) is 5.17. The molecule has 5 nitrogen and oxygen atoms in total. The van der Waals surface area contributed by atoms with Gasteiger partial charge in [-0.05, 0) is 48.7 Å². The summed E-state index contributed by atoms with van der Waals surface area (Å²) in [6.07, 6.45) is 5.50. The summed E-state index contributed by atoms with van der Waals surface area (Å²) in [5, 5.41) is 6.81. The minimum Gasteiger partial charge on any atom is -0.338 e. The number of aromatic nitrogens is 2. The van der Waals surface area contributed by atoms with Gasteiger partial charge in [0.25, 0.3) is 0 Å². The van der Waals surface area contributed by atoms with Crippen LogP contribution in [0.3, 0.4) is 0 Å². The number of aryl methyl sites for hydroxylation is 1. The molecule has 3 aromatic rings.